The van der Waals surface area contributed by atoms with Crippen LogP contribution in [0.4, 0.5) is 5.82 Å². The number of nitrogens with one attached hydrogen (secondary N) is 1. The van der Waals surface area contributed by atoms with Gasteiger partial charge in [-0.3, -0.25) is 4.79 Å². The van der Waals surface area contributed by atoms with Crippen LogP contribution in [0, 0.1) is 0 Å². The number of nitrogens with zero attached hydrogens (tertiary/aromatic N) is 3. The fraction of sp³-hybridized carbons (Fsp3) is 0.115. The lowest BCUT2D eigenvalue weighted by Gasteiger charge is -2.25. The van der Waals surface area contributed by atoms with Crippen LogP contribution in [0.25, 0.3) is 15.3 Å². The molecule has 0 bridgehead atoms. The minimum absolute atomic E-state index is 0.0622. The molecule has 2 aromatic heterocycles. The van der Waals surface area contributed by atoms with Crippen molar-refractivity contribution < 1.29 is 9.53 Å². The van der Waals surface area contributed by atoms with E-state index in [0.717, 1.165) is 37.8 Å². The Bertz CT molecular complexity index is 1480. The average Bonchev–Trinajstić information content (AvgIpc) is 3.47. The first-order valence-corrected chi connectivity index (χ1v) is 12.0. The zero-order chi connectivity index (χ0) is 23.1. The molecule has 0 radical (unpaired) electrons. The van der Waals surface area contributed by atoms with Gasteiger partial charge in [0.05, 0.1) is 16.4 Å². The molecule has 0 fully saturated rings. The molecule has 0 saturated carbocycles. The number of benzene rings is 3. The lowest BCUT2D eigenvalue weighted by molar-refractivity contribution is -0.116. The van der Waals surface area contributed by atoms with Gasteiger partial charge in [-0.1, -0.05) is 65.4 Å². The molecule has 6 rings (SSSR count). The van der Waals surface area contributed by atoms with Gasteiger partial charge in [-0.05, 0) is 35.9 Å². The molecule has 1 atom stereocenters. The van der Waals surface area contributed by atoms with Crippen LogP contribution in [0.3, 0.4) is 0 Å². The lowest BCUT2D eigenvalue weighted by Crippen LogP contribution is -2.24. The third-order valence-corrected chi connectivity index (χ3v) is 7.15. The molecule has 1 N–H and O–H groups in total. The summed E-state index contributed by atoms with van der Waals surface area (Å²) in [6, 6.07) is 23.4. The van der Waals surface area contributed by atoms with Gasteiger partial charge in [0.15, 0.2) is 0 Å². The van der Waals surface area contributed by atoms with Crippen molar-refractivity contribution in [2.24, 2.45) is 0 Å². The van der Waals surface area contributed by atoms with Crippen LogP contribution in [0.2, 0.25) is 5.02 Å². The van der Waals surface area contributed by atoms with Gasteiger partial charge in [0.2, 0.25) is 11.0 Å². The van der Waals surface area contributed by atoms with E-state index in [1.807, 2.05) is 79.0 Å². The van der Waals surface area contributed by atoms with E-state index in [1.54, 1.807) is 4.68 Å². The van der Waals surface area contributed by atoms with Crippen LogP contribution in [-0.2, 0) is 11.4 Å². The number of thiazole rings is 1. The van der Waals surface area contributed by atoms with Crippen molar-refractivity contribution in [1.29, 1.82) is 0 Å². The van der Waals surface area contributed by atoms with E-state index in [4.69, 9.17) is 21.3 Å². The van der Waals surface area contributed by atoms with Crippen LogP contribution in [-0.4, -0.2) is 20.7 Å². The number of anilines is 1. The second-order valence-electron chi connectivity index (χ2n) is 8.08. The summed E-state index contributed by atoms with van der Waals surface area (Å²) in [5.41, 5.74) is 3.83. The molecular formula is C26H19ClN4O2S. The molecule has 34 heavy (non-hydrogen) atoms. The first-order valence-electron chi connectivity index (χ1n) is 10.9. The molecular weight excluding hydrogens is 468 g/mol. The van der Waals surface area contributed by atoms with E-state index in [0.29, 0.717) is 23.9 Å². The molecule has 8 heteroatoms. The van der Waals surface area contributed by atoms with Crippen molar-refractivity contribution in [3.05, 3.63) is 101 Å². The number of hydrogen-bond acceptors (Lipinski definition) is 5. The zero-order valence-corrected chi connectivity index (χ0v) is 19.5. The Kier molecular flexibility index (Phi) is 5.28. The molecule has 1 aliphatic rings. The largest absolute Gasteiger partial charge is 0.489 e. The summed E-state index contributed by atoms with van der Waals surface area (Å²) < 4.78 is 8.98. The van der Waals surface area contributed by atoms with Crippen molar-refractivity contribution in [3.8, 4) is 10.9 Å². The predicted molar refractivity (Wildman–Crippen MR) is 134 cm³/mol. The fourth-order valence-electron chi connectivity index (χ4n) is 4.23. The summed E-state index contributed by atoms with van der Waals surface area (Å²) in [7, 11) is 0. The fourth-order valence-corrected chi connectivity index (χ4v) is 5.29. The number of hydrogen-bond donors (Lipinski definition) is 1. The number of carbonyl (C=O) groups is 1. The monoisotopic (exact) mass is 486 g/mol. The van der Waals surface area contributed by atoms with Gasteiger partial charge in [0.25, 0.3) is 0 Å². The van der Waals surface area contributed by atoms with Gasteiger partial charge in [0.1, 0.15) is 18.2 Å². The van der Waals surface area contributed by atoms with Crippen LogP contribution in [0.1, 0.15) is 29.0 Å². The highest BCUT2D eigenvalue weighted by Gasteiger charge is 2.32. The van der Waals surface area contributed by atoms with Crippen LogP contribution >= 0.6 is 22.9 Å². The standard InChI is InChI=1S/C26H19ClN4O2S/c27-17-11-9-16(10-12-17)15-33-22-7-3-1-5-18(22)19-13-24(32)30-25-20(19)14-28-31(25)26-29-21-6-2-4-8-23(21)34-26/h1-12,14,19H,13,15H2,(H,30,32)/t19-/m1/s1. The lowest BCUT2D eigenvalue weighted by atomic mass is 9.87. The van der Waals surface area contributed by atoms with E-state index >= 15 is 0 Å². The van der Waals surface area contributed by atoms with Gasteiger partial charge >= 0.3 is 0 Å². The van der Waals surface area contributed by atoms with Gasteiger partial charge in [-0.2, -0.15) is 9.78 Å². The van der Waals surface area contributed by atoms with Gasteiger partial charge in [-0.25, -0.2) is 4.98 Å². The minimum atomic E-state index is -0.173. The number of halogens is 1. The smallest absolute Gasteiger partial charge is 0.226 e. The Hall–Kier alpha value is -3.68. The number of para-hydroxylation sites is 2. The number of ether oxygens (including phenoxy) is 1. The predicted octanol–water partition coefficient (Wildman–Crippen LogP) is 6.19. The highest BCUT2D eigenvalue weighted by Crippen LogP contribution is 2.42. The van der Waals surface area contributed by atoms with Gasteiger partial charge < -0.3 is 10.1 Å². The van der Waals surface area contributed by atoms with E-state index in [1.165, 1.54) is 11.3 Å². The van der Waals surface area contributed by atoms with Crippen LogP contribution < -0.4 is 10.1 Å². The molecule has 6 nitrogen and oxygen atoms in total. The van der Waals surface area contributed by atoms with E-state index in [-0.39, 0.29) is 11.8 Å². The molecule has 0 spiro atoms. The normalized spacial score (nSPS) is 15.2. The molecule has 5 aromatic rings. The maximum absolute atomic E-state index is 12.8. The molecule has 1 aliphatic heterocycles. The van der Waals surface area contributed by atoms with E-state index in [2.05, 4.69) is 10.4 Å². The minimum Gasteiger partial charge on any atom is -0.489 e. The molecule has 0 saturated heterocycles. The SMILES string of the molecule is O=C1C[C@H](c2ccccc2OCc2ccc(Cl)cc2)c2cnn(-c3nc4ccccc4s3)c2N1. The third-order valence-electron chi connectivity index (χ3n) is 5.89. The number of carbonyl (C=O) groups excluding carboxylic acids is 1. The van der Waals surface area contributed by atoms with Crippen LogP contribution in [0.15, 0.2) is 79.0 Å². The summed E-state index contributed by atoms with van der Waals surface area (Å²) in [6.07, 6.45) is 2.14. The Morgan fingerprint density at radius 3 is 2.68 bits per heavy atom. The topological polar surface area (TPSA) is 69.0 Å². The van der Waals surface area contributed by atoms with E-state index in [9.17, 15) is 4.79 Å². The number of fused-ring (bicyclic) bond motifs is 2. The second-order valence-corrected chi connectivity index (χ2v) is 9.53. The summed E-state index contributed by atoms with van der Waals surface area (Å²) in [5, 5.41) is 9.02. The molecule has 168 valence electrons. The molecule has 1 amide bonds. The van der Waals surface area contributed by atoms with Crippen molar-refractivity contribution in [2.45, 2.75) is 18.9 Å². The third kappa shape index (κ3) is 3.83. The molecule has 0 aliphatic carbocycles. The number of amides is 1. The van der Waals surface area contributed by atoms with Gasteiger partial charge in [0, 0.05) is 28.5 Å². The molecule has 3 aromatic carbocycles. The van der Waals surface area contributed by atoms with Crippen molar-refractivity contribution in [3.63, 3.8) is 0 Å². The Balaban J connectivity index is 1.35. The Labute approximate surface area is 204 Å². The molecule has 3 heterocycles. The first kappa shape index (κ1) is 20.9. The zero-order valence-electron chi connectivity index (χ0n) is 17.9. The Morgan fingerprint density at radius 2 is 1.82 bits per heavy atom. The van der Waals surface area contributed by atoms with Crippen molar-refractivity contribution in [2.75, 3.05) is 5.32 Å². The van der Waals surface area contributed by atoms with Crippen LogP contribution in [0.5, 0.6) is 5.75 Å². The van der Waals surface area contributed by atoms with Gasteiger partial charge in [-0.15, -0.1) is 0 Å². The summed E-state index contributed by atoms with van der Waals surface area (Å²) in [5.74, 6) is 1.17. The number of rotatable bonds is 5. The van der Waals surface area contributed by atoms with Crippen molar-refractivity contribution >= 4 is 44.9 Å². The quantitative estimate of drug-likeness (QED) is 0.321. The summed E-state index contributed by atoms with van der Waals surface area (Å²) in [6.45, 7) is 0.408. The summed E-state index contributed by atoms with van der Waals surface area (Å²) >= 11 is 7.54. The maximum atomic E-state index is 12.8. The highest BCUT2D eigenvalue weighted by atomic mass is 35.5. The summed E-state index contributed by atoms with van der Waals surface area (Å²) in [4.78, 5) is 17.5. The Morgan fingerprint density at radius 1 is 1.03 bits per heavy atom. The first-order chi connectivity index (χ1) is 16.7. The van der Waals surface area contributed by atoms with E-state index < -0.39 is 0 Å². The number of aromatic nitrogens is 3. The maximum Gasteiger partial charge on any atom is 0.226 e. The van der Waals surface area contributed by atoms with Crippen molar-refractivity contribution in [1.82, 2.24) is 14.8 Å². The average molecular weight is 487 g/mol. The molecule has 0 unspecified atom stereocenters. The second kappa shape index (κ2) is 8.59. The highest BCUT2D eigenvalue weighted by molar-refractivity contribution is 7.20.